The summed E-state index contributed by atoms with van der Waals surface area (Å²) < 4.78 is 0. The van der Waals surface area contributed by atoms with Gasteiger partial charge in [-0.2, -0.15) is 0 Å². The fraction of sp³-hybridized carbons (Fsp3) is 0.176. The van der Waals surface area contributed by atoms with Crippen molar-refractivity contribution in [2.75, 3.05) is 12.8 Å². The molecule has 1 heteroatoms. The normalized spacial score (nSPS) is 11.9. The fourth-order valence-corrected chi connectivity index (χ4v) is 5.20. The highest BCUT2D eigenvalue weighted by Gasteiger charge is 2.35. The lowest BCUT2D eigenvalue weighted by Crippen LogP contribution is -2.23. The summed E-state index contributed by atoms with van der Waals surface area (Å²) in [5.74, 6) is 0. The van der Waals surface area contributed by atoms with E-state index in [-0.39, 0.29) is 0 Å². The molecule has 18 heavy (non-hydrogen) atoms. The number of allylic oxidation sites excluding steroid dienone is 2. The van der Waals surface area contributed by atoms with Crippen LogP contribution in [0.1, 0.15) is 6.92 Å². The standard InChI is InChI=1S/C17H20P/c1-3-4-15-18(2,16-11-7-5-8-12-16)17-13-9-6-10-14-17/h3-14H,15H2,1-2H3/q+1/b4-3-. The van der Waals surface area contributed by atoms with Crippen molar-refractivity contribution in [2.45, 2.75) is 6.92 Å². The van der Waals surface area contributed by atoms with Crippen molar-refractivity contribution < 1.29 is 0 Å². The largest absolute Gasteiger partial charge is 0.0992 e. The predicted octanol–water partition coefficient (Wildman–Crippen LogP) is 3.86. The summed E-state index contributed by atoms with van der Waals surface area (Å²) in [5, 5.41) is 2.96. The molecule has 0 aromatic heterocycles. The van der Waals surface area contributed by atoms with Crippen molar-refractivity contribution in [3.63, 3.8) is 0 Å². The van der Waals surface area contributed by atoms with E-state index in [0.29, 0.717) is 0 Å². The molecule has 0 atom stereocenters. The number of rotatable bonds is 4. The Morgan fingerprint density at radius 2 is 1.28 bits per heavy atom. The Morgan fingerprint density at radius 3 is 1.67 bits per heavy atom. The summed E-state index contributed by atoms with van der Waals surface area (Å²) in [5.41, 5.74) is 0. The zero-order chi connectivity index (χ0) is 12.8. The summed E-state index contributed by atoms with van der Waals surface area (Å²) in [6.45, 7) is 4.53. The highest BCUT2D eigenvalue weighted by atomic mass is 31.2. The summed E-state index contributed by atoms with van der Waals surface area (Å²) in [6.07, 6.45) is 5.59. The monoisotopic (exact) mass is 255 g/mol. The van der Waals surface area contributed by atoms with E-state index in [1.54, 1.807) is 0 Å². The first-order chi connectivity index (χ1) is 8.77. The van der Waals surface area contributed by atoms with Crippen LogP contribution in [0.4, 0.5) is 0 Å². The Balaban J connectivity index is 2.47. The van der Waals surface area contributed by atoms with Crippen LogP contribution in [0, 0.1) is 0 Å². The van der Waals surface area contributed by atoms with E-state index in [1.807, 2.05) is 0 Å². The SMILES string of the molecule is C/C=C\C[P+](C)(c1ccccc1)c1ccccc1. The van der Waals surface area contributed by atoms with Crippen LogP contribution in [0.25, 0.3) is 0 Å². The third-order valence-electron chi connectivity index (χ3n) is 3.36. The number of benzene rings is 2. The maximum absolute atomic E-state index is 2.43. The van der Waals surface area contributed by atoms with E-state index < -0.39 is 7.26 Å². The van der Waals surface area contributed by atoms with Crippen LogP contribution in [-0.2, 0) is 0 Å². The van der Waals surface area contributed by atoms with Gasteiger partial charge >= 0.3 is 0 Å². The molecule has 2 rings (SSSR count). The van der Waals surface area contributed by atoms with Gasteiger partial charge in [0.15, 0.2) is 0 Å². The molecule has 0 N–H and O–H groups in total. The molecule has 0 saturated carbocycles. The highest BCUT2D eigenvalue weighted by molar-refractivity contribution is 7.89. The van der Waals surface area contributed by atoms with Crippen LogP contribution < -0.4 is 10.6 Å². The number of hydrogen-bond donors (Lipinski definition) is 0. The molecule has 2 aromatic rings. The maximum Gasteiger partial charge on any atom is 0.0992 e. The minimum absolute atomic E-state index is 1.14. The van der Waals surface area contributed by atoms with Gasteiger partial charge in [-0.05, 0) is 31.2 Å². The quantitative estimate of drug-likeness (QED) is 0.575. The van der Waals surface area contributed by atoms with Crippen LogP contribution in [0.2, 0.25) is 0 Å². The molecule has 0 fully saturated rings. The lowest BCUT2D eigenvalue weighted by Gasteiger charge is -2.21. The third kappa shape index (κ3) is 2.71. The van der Waals surface area contributed by atoms with Crippen molar-refractivity contribution in [2.24, 2.45) is 0 Å². The minimum Gasteiger partial charge on any atom is -0.0881 e. The Hall–Kier alpha value is -1.39. The first kappa shape index (κ1) is 13.1. The van der Waals surface area contributed by atoms with Crippen LogP contribution >= 0.6 is 7.26 Å². The van der Waals surface area contributed by atoms with Crippen LogP contribution in [-0.4, -0.2) is 12.8 Å². The van der Waals surface area contributed by atoms with Crippen molar-refractivity contribution in [3.05, 3.63) is 72.8 Å². The first-order valence-corrected chi connectivity index (χ1v) is 8.77. The van der Waals surface area contributed by atoms with E-state index in [1.165, 1.54) is 10.6 Å². The van der Waals surface area contributed by atoms with Gasteiger partial charge in [0, 0.05) is 0 Å². The lowest BCUT2D eigenvalue weighted by molar-refractivity contribution is 1.61. The molecule has 0 unspecified atom stereocenters. The molecule has 0 aliphatic rings. The summed E-state index contributed by atoms with van der Waals surface area (Å²) in [6, 6.07) is 21.8. The molecule has 2 aromatic carbocycles. The van der Waals surface area contributed by atoms with E-state index in [9.17, 15) is 0 Å². The molecular weight excluding hydrogens is 235 g/mol. The second kappa shape index (κ2) is 5.98. The maximum atomic E-state index is 2.43. The Labute approximate surface area is 111 Å². The first-order valence-electron chi connectivity index (χ1n) is 6.35. The average molecular weight is 255 g/mol. The van der Waals surface area contributed by atoms with Gasteiger partial charge in [0.25, 0.3) is 0 Å². The molecule has 0 radical (unpaired) electrons. The summed E-state index contributed by atoms with van der Waals surface area (Å²) in [4.78, 5) is 0. The summed E-state index contributed by atoms with van der Waals surface area (Å²) in [7, 11) is -1.28. The molecule has 0 saturated heterocycles. The van der Waals surface area contributed by atoms with Gasteiger partial charge in [0.05, 0.1) is 30.7 Å². The van der Waals surface area contributed by atoms with E-state index in [0.717, 1.165) is 6.16 Å². The van der Waals surface area contributed by atoms with Gasteiger partial charge in [-0.15, -0.1) is 0 Å². The highest BCUT2D eigenvalue weighted by Crippen LogP contribution is 2.52. The molecule has 0 aliphatic carbocycles. The van der Waals surface area contributed by atoms with Gasteiger partial charge < -0.3 is 0 Å². The zero-order valence-electron chi connectivity index (χ0n) is 11.1. The zero-order valence-corrected chi connectivity index (χ0v) is 12.0. The second-order valence-corrected chi connectivity index (χ2v) is 8.40. The number of hydrogen-bond acceptors (Lipinski definition) is 0. The van der Waals surface area contributed by atoms with Crippen molar-refractivity contribution >= 4 is 17.9 Å². The van der Waals surface area contributed by atoms with Gasteiger partial charge in [0.1, 0.15) is 0 Å². The van der Waals surface area contributed by atoms with Crippen molar-refractivity contribution in [1.82, 2.24) is 0 Å². The molecule has 92 valence electrons. The fourth-order valence-electron chi connectivity index (χ4n) is 2.19. The smallest absolute Gasteiger partial charge is 0.0881 e. The van der Waals surface area contributed by atoms with Crippen LogP contribution in [0.5, 0.6) is 0 Å². The molecule has 0 bridgehead atoms. The van der Waals surface area contributed by atoms with E-state index in [2.05, 4.69) is 86.4 Å². The Kier molecular flexibility index (Phi) is 4.33. The predicted molar refractivity (Wildman–Crippen MR) is 84.7 cm³/mol. The average Bonchev–Trinajstić information content (AvgIpc) is 2.46. The van der Waals surface area contributed by atoms with Crippen molar-refractivity contribution in [1.29, 1.82) is 0 Å². The molecule has 0 amide bonds. The molecule has 0 heterocycles. The van der Waals surface area contributed by atoms with Gasteiger partial charge in [-0.3, -0.25) is 0 Å². The molecule has 0 aliphatic heterocycles. The Morgan fingerprint density at radius 1 is 0.833 bits per heavy atom. The van der Waals surface area contributed by atoms with E-state index >= 15 is 0 Å². The molecule has 0 spiro atoms. The van der Waals surface area contributed by atoms with E-state index in [4.69, 9.17) is 0 Å². The minimum atomic E-state index is -1.28. The summed E-state index contributed by atoms with van der Waals surface area (Å²) >= 11 is 0. The second-order valence-electron chi connectivity index (χ2n) is 4.61. The van der Waals surface area contributed by atoms with Gasteiger partial charge in [-0.1, -0.05) is 48.6 Å². The topological polar surface area (TPSA) is 0 Å². The molecule has 0 nitrogen and oxygen atoms in total. The van der Waals surface area contributed by atoms with Crippen molar-refractivity contribution in [3.8, 4) is 0 Å². The van der Waals surface area contributed by atoms with Crippen LogP contribution in [0.15, 0.2) is 72.8 Å². The molecular formula is C17H20P+. The van der Waals surface area contributed by atoms with Gasteiger partial charge in [-0.25, -0.2) is 0 Å². The Bertz CT molecular complexity index is 460. The van der Waals surface area contributed by atoms with Gasteiger partial charge in [0.2, 0.25) is 0 Å². The lowest BCUT2D eigenvalue weighted by atomic mass is 10.4. The van der Waals surface area contributed by atoms with Crippen LogP contribution in [0.3, 0.4) is 0 Å². The third-order valence-corrected chi connectivity index (χ3v) is 7.18.